The molecule has 0 aliphatic heterocycles. The first kappa shape index (κ1) is 21.4. The van der Waals surface area contributed by atoms with E-state index in [-0.39, 0.29) is 18.7 Å². The van der Waals surface area contributed by atoms with Gasteiger partial charge in [0.25, 0.3) is 5.91 Å². The Balaban J connectivity index is 2.34. The molecule has 0 heterocycles. The van der Waals surface area contributed by atoms with Gasteiger partial charge in [-0.1, -0.05) is 12.1 Å². The van der Waals surface area contributed by atoms with E-state index in [4.69, 9.17) is 5.26 Å². The molecule has 0 aliphatic rings. The van der Waals surface area contributed by atoms with E-state index in [1.54, 1.807) is 38.4 Å². The second kappa shape index (κ2) is 8.85. The fourth-order valence-corrected chi connectivity index (χ4v) is 2.59. The summed E-state index contributed by atoms with van der Waals surface area (Å²) < 4.78 is 52.5. The van der Waals surface area contributed by atoms with Crippen LogP contribution in [0.15, 0.2) is 42.5 Å². The maximum atomic E-state index is 13.5. The normalized spacial score (nSPS) is 11.4. The summed E-state index contributed by atoms with van der Waals surface area (Å²) in [6.07, 6.45) is -4.89. The molecule has 2 aromatic rings. The fourth-order valence-electron chi connectivity index (χ4n) is 2.59. The van der Waals surface area contributed by atoms with Gasteiger partial charge in [0.15, 0.2) is 0 Å². The van der Waals surface area contributed by atoms with E-state index >= 15 is 0 Å². The molecule has 2 rings (SSSR count). The third-order valence-corrected chi connectivity index (χ3v) is 4.05. The van der Waals surface area contributed by atoms with Crippen molar-refractivity contribution in [1.82, 2.24) is 9.80 Å². The molecule has 0 saturated carbocycles. The van der Waals surface area contributed by atoms with Crippen LogP contribution in [0.1, 0.15) is 27.0 Å². The molecule has 0 spiro atoms. The van der Waals surface area contributed by atoms with Gasteiger partial charge in [-0.05, 0) is 50.0 Å². The lowest BCUT2D eigenvalue weighted by Crippen LogP contribution is -2.36. The topological polar surface area (TPSA) is 47.3 Å². The van der Waals surface area contributed by atoms with Crippen LogP contribution in [-0.2, 0) is 12.7 Å². The number of likely N-dealkylation sites (N-methyl/N-ethyl adjacent to an activating group) is 1. The Bertz CT molecular complexity index is 888. The summed E-state index contributed by atoms with van der Waals surface area (Å²) in [7, 11) is 3.61. The lowest BCUT2D eigenvalue weighted by molar-refractivity contribution is -0.140. The van der Waals surface area contributed by atoms with Crippen molar-refractivity contribution in [2.75, 3.05) is 27.2 Å². The van der Waals surface area contributed by atoms with Gasteiger partial charge in [-0.15, -0.1) is 0 Å². The average molecular weight is 393 g/mol. The standard InChI is InChI=1S/C20H19F4N3O/c1-26(2)8-9-27(13-15-5-3-4-14(10-15)12-25)19(28)16-6-7-18(21)17(11-16)20(22,23)24/h3-7,10-11H,8-9,13H2,1-2H3. The minimum Gasteiger partial charge on any atom is -0.333 e. The van der Waals surface area contributed by atoms with Crippen molar-refractivity contribution in [2.24, 2.45) is 0 Å². The highest BCUT2D eigenvalue weighted by Gasteiger charge is 2.35. The largest absolute Gasteiger partial charge is 0.419 e. The third kappa shape index (κ3) is 5.54. The van der Waals surface area contributed by atoms with Gasteiger partial charge in [-0.25, -0.2) is 4.39 Å². The van der Waals surface area contributed by atoms with Gasteiger partial charge in [0.2, 0.25) is 0 Å². The zero-order chi connectivity index (χ0) is 20.9. The molecular weight excluding hydrogens is 374 g/mol. The number of nitriles is 1. The summed E-state index contributed by atoms with van der Waals surface area (Å²) in [6, 6.07) is 10.9. The first-order valence-electron chi connectivity index (χ1n) is 8.41. The highest BCUT2D eigenvalue weighted by molar-refractivity contribution is 5.94. The molecular formula is C20H19F4N3O. The Morgan fingerprint density at radius 3 is 2.43 bits per heavy atom. The Morgan fingerprint density at radius 1 is 1.11 bits per heavy atom. The predicted molar refractivity (Wildman–Crippen MR) is 95.9 cm³/mol. The van der Waals surface area contributed by atoms with E-state index in [0.29, 0.717) is 29.8 Å². The van der Waals surface area contributed by atoms with Gasteiger partial charge < -0.3 is 9.80 Å². The molecule has 0 fully saturated rings. The van der Waals surface area contributed by atoms with Crippen molar-refractivity contribution >= 4 is 5.91 Å². The highest BCUT2D eigenvalue weighted by atomic mass is 19.4. The maximum absolute atomic E-state index is 13.5. The molecule has 0 atom stereocenters. The van der Waals surface area contributed by atoms with Crippen LogP contribution in [0.5, 0.6) is 0 Å². The number of hydrogen-bond acceptors (Lipinski definition) is 3. The van der Waals surface area contributed by atoms with Crippen molar-refractivity contribution in [3.8, 4) is 6.07 Å². The van der Waals surface area contributed by atoms with Crippen LogP contribution in [0.25, 0.3) is 0 Å². The van der Waals surface area contributed by atoms with E-state index in [0.717, 1.165) is 6.07 Å². The fraction of sp³-hybridized carbons (Fsp3) is 0.300. The van der Waals surface area contributed by atoms with Gasteiger partial charge in [0.1, 0.15) is 5.82 Å². The van der Waals surface area contributed by atoms with Gasteiger partial charge in [-0.2, -0.15) is 18.4 Å². The summed E-state index contributed by atoms with van der Waals surface area (Å²) in [5, 5.41) is 9.01. The minimum atomic E-state index is -4.89. The van der Waals surface area contributed by atoms with Crippen LogP contribution in [0.4, 0.5) is 17.6 Å². The molecule has 28 heavy (non-hydrogen) atoms. The monoisotopic (exact) mass is 393 g/mol. The smallest absolute Gasteiger partial charge is 0.333 e. The van der Waals surface area contributed by atoms with Crippen molar-refractivity contribution < 1.29 is 22.4 Å². The molecule has 0 aliphatic carbocycles. The number of nitrogens with zero attached hydrogens (tertiary/aromatic N) is 3. The lowest BCUT2D eigenvalue weighted by Gasteiger charge is -2.25. The average Bonchev–Trinajstić information content (AvgIpc) is 2.64. The van der Waals surface area contributed by atoms with Crippen LogP contribution < -0.4 is 0 Å². The third-order valence-electron chi connectivity index (χ3n) is 4.05. The van der Waals surface area contributed by atoms with Crippen molar-refractivity contribution in [2.45, 2.75) is 12.7 Å². The molecule has 0 bridgehead atoms. The molecule has 1 amide bonds. The van der Waals surface area contributed by atoms with Crippen LogP contribution in [-0.4, -0.2) is 42.9 Å². The molecule has 0 radical (unpaired) electrons. The van der Waals surface area contributed by atoms with Crippen molar-refractivity contribution in [3.63, 3.8) is 0 Å². The first-order valence-corrected chi connectivity index (χ1v) is 8.41. The second-order valence-electron chi connectivity index (χ2n) is 6.53. The van der Waals surface area contributed by atoms with Crippen LogP contribution in [0.2, 0.25) is 0 Å². The number of amides is 1. The number of carbonyl (C=O) groups is 1. The van der Waals surface area contributed by atoms with Crippen molar-refractivity contribution in [3.05, 3.63) is 70.5 Å². The van der Waals surface area contributed by atoms with Gasteiger partial charge >= 0.3 is 6.18 Å². The molecule has 0 N–H and O–H groups in total. The first-order chi connectivity index (χ1) is 13.1. The molecule has 148 valence electrons. The lowest BCUT2D eigenvalue weighted by atomic mass is 10.1. The quantitative estimate of drug-likeness (QED) is 0.699. The van der Waals surface area contributed by atoms with Crippen molar-refractivity contribution in [1.29, 1.82) is 5.26 Å². The molecule has 0 unspecified atom stereocenters. The highest BCUT2D eigenvalue weighted by Crippen LogP contribution is 2.32. The number of rotatable bonds is 6. The maximum Gasteiger partial charge on any atom is 0.419 e. The Hall–Kier alpha value is -2.92. The number of benzene rings is 2. The van der Waals surface area contributed by atoms with E-state index < -0.39 is 23.5 Å². The van der Waals surface area contributed by atoms with E-state index in [1.165, 1.54) is 4.90 Å². The summed E-state index contributed by atoms with van der Waals surface area (Å²) in [5.41, 5.74) is -0.635. The minimum absolute atomic E-state index is 0.112. The van der Waals surface area contributed by atoms with E-state index in [2.05, 4.69) is 0 Å². The molecule has 2 aromatic carbocycles. The van der Waals surface area contributed by atoms with Gasteiger partial charge in [-0.3, -0.25) is 4.79 Å². The Kier molecular flexibility index (Phi) is 6.75. The van der Waals surface area contributed by atoms with Crippen LogP contribution in [0.3, 0.4) is 0 Å². The molecule has 8 heteroatoms. The summed E-state index contributed by atoms with van der Waals surface area (Å²) in [4.78, 5) is 16.1. The van der Waals surface area contributed by atoms with E-state index in [9.17, 15) is 22.4 Å². The zero-order valence-electron chi connectivity index (χ0n) is 15.4. The molecule has 4 nitrogen and oxygen atoms in total. The SMILES string of the molecule is CN(C)CCN(Cc1cccc(C#N)c1)C(=O)c1ccc(F)c(C(F)(F)F)c1. The summed E-state index contributed by atoms with van der Waals surface area (Å²) >= 11 is 0. The van der Waals surface area contributed by atoms with E-state index in [1.807, 2.05) is 11.0 Å². The predicted octanol–water partition coefficient (Wildman–Crippen LogP) is 3.92. The van der Waals surface area contributed by atoms with Crippen LogP contribution in [0, 0.1) is 17.1 Å². The summed E-state index contributed by atoms with van der Waals surface area (Å²) in [5.74, 6) is -2.07. The zero-order valence-corrected chi connectivity index (χ0v) is 15.4. The summed E-state index contributed by atoms with van der Waals surface area (Å²) in [6.45, 7) is 0.846. The number of hydrogen-bond donors (Lipinski definition) is 0. The van der Waals surface area contributed by atoms with Crippen LogP contribution >= 0.6 is 0 Å². The Morgan fingerprint density at radius 2 is 1.82 bits per heavy atom. The van der Waals surface area contributed by atoms with Gasteiger partial charge in [0.05, 0.1) is 17.2 Å². The molecule has 0 aromatic heterocycles. The second-order valence-corrected chi connectivity index (χ2v) is 6.53. The number of halogens is 4. The number of carbonyl (C=O) groups excluding carboxylic acids is 1. The Labute approximate surface area is 160 Å². The number of alkyl halides is 3. The molecule has 0 saturated heterocycles. The van der Waals surface area contributed by atoms with Gasteiger partial charge in [0, 0.05) is 25.2 Å².